The normalized spacial score (nSPS) is 16.7. The van der Waals surface area contributed by atoms with Crippen molar-refractivity contribution >= 4 is 18.3 Å². The predicted molar refractivity (Wildman–Crippen MR) is 86.5 cm³/mol. The molecule has 1 saturated carbocycles. The number of benzene rings is 1. The maximum atomic E-state index is 11.9. The molecule has 1 aromatic carbocycles. The van der Waals surface area contributed by atoms with Crippen LogP contribution in [0.15, 0.2) is 30.3 Å². The van der Waals surface area contributed by atoms with E-state index >= 15 is 0 Å². The van der Waals surface area contributed by atoms with Crippen molar-refractivity contribution in [2.75, 3.05) is 19.8 Å². The van der Waals surface area contributed by atoms with Crippen LogP contribution in [0.25, 0.3) is 0 Å². The minimum Gasteiger partial charge on any atom is -0.371 e. The molecule has 0 saturated heterocycles. The summed E-state index contributed by atoms with van der Waals surface area (Å²) in [5.41, 5.74) is 6.73. The summed E-state index contributed by atoms with van der Waals surface area (Å²) < 4.78 is 5.44. The Morgan fingerprint density at radius 2 is 2.05 bits per heavy atom. The molecule has 5 heteroatoms. The minimum absolute atomic E-state index is 0. The van der Waals surface area contributed by atoms with Crippen LogP contribution in [0, 0.1) is 5.92 Å². The molecule has 1 atom stereocenters. The average Bonchev–Trinajstić information content (AvgIpc) is 3.29. The van der Waals surface area contributed by atoms with E-state index in [2.05, 4.69) is 17.4 Å². The van der Waals surface area contributed by atoms with Crippen LogP contribution >= 0.6 is 12.4 Å². The Morgan fingerprint density at radius 1 is 1.38 bits per heavy atom. The van der Waals surface area contributed by atoms with Crippen LogP contribution in [0.4, 0.5) is 0 Å². The molecule has 3 N–H and O–H groups in total. The van der Waals surface area contributed by atoms with E-state index in [1.54, 1.807) is 0 Å². The highest BCUT2D eigenvalue weighted by atomic mass is 35.5. The highest BCUT2D eigenvalue weighted by Gasteiger charge is 2.41. The van der Waals surface area contributed by atoms with Gasteiger partial charge in [-0.25, -0.2) is 0 Å². The number of nitrogens with two attached hydrogens (primary N) is 1. The van der Waals surface area contributed by atoms with Gasteiger partial charge in [0.15, 0.2) is 0 Å². The molecule has 0 aliphatic heterocycles. The lowest BCUT2D eigenvalue weighted by molar-refractivity contribution is -0.127. The number of ether oxygens (including phenoxy) is 1. The van der Waals surface area contributed by atoms with Gasteiger partial charge < -0.3 is 15.8 Å². The van der Waals surface area contributed by atoms with Gasteiger partial charge in [0.1, 0.15) is 6.61 Å². The number of hydrogen-bond donors (Lipinski definition) is 2. The fraction of sp³-hybridized carbons (Fsp3) is 0.562. The van der Waals surface area contributed by atoms with Crippen molar-refractivity contribution in [2.24, 2.45) is 11.7 Å². The number of carbonyl (C=O) groups is 1. The van der Waals surface area contributed by atoms with E-state index in [1.165, 1.54) is 5.56 Å². The third-order valence-electron chi connectivity index (χ3n) is 3.94. The maximum Gasteiger partial charge on any atom is 0.246 e. The van der Waals surface area contributed by atoms with Gasteiger partial charge in [0, 0.05) is 6.54 Å². The van der Waals surface area contributed by atoms with Crippen LogP contribution in [0.1, 0.15) is 25.3 Å². The monoisotopic (exact) mass is 312 g/mol. The lowest BCUT2D eigenvalue weighted by Crippen LogP contribution is -2.54. The number of amides is 1. The molecule has 21 heavy (non-hydrogen) atoms. The smallest absolute Gasteiger partial charge is 0.246 e. The summed E-state index contributed by atoms with van der Waals surface area (Å²) in [7, 11) is 0. The average molecular weight is 313 g/mol. The highest BCUT2D eigenvalue weighted by molar-refractivity contribution is 5.85. The molecule has 1 fully saturated rings. The fourth-order valence-electron chi connectivity index (χ4n) is 2.39. The van der Waals surface area contributed by atoms with E-state index in [1.807, 2.05) is 25.1 Å². The van der Waals surface area contributed by atoms with Crippen LogP contribution in [0.5, 0.6) is 0 Å². The largest absolute Gasteiger partial charge is 0.371 e. The predicted octanol–water partition coefficient (Wildman–Crippen LogP) is 1.91. The van der Waals surface area contributed by atoms with Crippen LogP contribution in [-0.4, -0.2) is 31.2 Å². The van der Waals surface area contributed by atoms with Gasteiger partial charge in [-0.05, 0) is 37.7 Å². The molecular weight excluding hydrogens is 288 g/mol. The zero-order valence-electron chi connectivity index (χ0n) is 12.5. The van der Waals surface area contributed by atoms with Crippen LogP contribution in [-0.2, 0) is 16.0 Å². The maximum absolute atomic E-state index is 11.9. The summed E-state index contributed by atoms with van der Waals surface area (Å²) in [6.07, 6.45) is 3.14. The summed E-state index contributed by atoms with van der Waals surface area (Å²) in [5, 5.41) is 3.01. The van der Waals surface area contributed by atoms with Gasteiger partial charge in [-0.15, -0.1) is 12.4 Å². The first kappa shape index (κ1) is 18.0. The number of hydrogen-bond acceptors (Lipinski definition) is 3. The van der Waals surface area contributed by atoms with Gasteiger partial charge in [-0.1, -0.05) is 30.3 Å². The van der Waals surface area contributed by atoms with Crippen molar-refractivity contribution < 1.29 is 9.53 Å². The SMILES string of the molecule is CC(CN)(NC(=O)COCCc1ccccc1)C1CC1.Cl. The van der Waals surface area contributed by atoms with Crippen molar-refractivity contribution in [2.45, 2.75) is 31.7 Å². The van der Waals surface area contributed by atoms with Gasteiger partial charge in [0.05, 0.1) is 12.1 Å². The molecule has 0 radical (unpaired) electrons. The first-order valence-corrected chi connectivity index (χ1v) is 7.27. The van der Waals surface area contributed by atoms with Crippen molar-refractivity contribution in [3.05, 3.63) is 35.9 Å². The summed E-state index contributed by atoms with van der Waals surface area (Å²) in [4.78, 5) is 11.9. The molecule has 0 aromatic heterocycles. The molecule has 2 rings (SSSR count). The van der Waals surface area contributed by atoms with Gasteiger partial charge in [0.25, 0.3) is 0 Å². The first-order chi connectivity index (χ1) is 9.64. The summed E-state index contributed by atoms with van der Waals surface area (Å²) >= 11 is 0. The van der Waals surface area contributed by atoms with E-state index in [4.69, 9.17) is 10.5 Å². The molecule has 0 bridgehead atoms. The Bertz CT molecular complexity index is 437. The summed E-state index contributed by atoms with van der Waals surface area (Å²) in [6.45, 7) is 3.16. The van der Waals surface area contributed by atoms with Crippen molar-refractivity contribution in [1.82, 2.24) is 5.32 Å². The van der Waals surface area contributed by atoms with E-state index in [9.17, 15) is 4.79 Å². The van der Waals surface area contributed by atoms with Crippen LogP contribution in [0.3, 0.4) is 0 Å². The van der Waals surface area contributed by atoms with Gasteiger partial charge in [-0.3, -0.25) is 4.79 Å². The summed E-state index contributed by atoms with van der Waals surface area (Å²) in [6, 6.07) is 10.1. The molecular formula is C16H25ClN2O2. The standard InChI is InChI=1S/C16H24N2O2.ClH/c1-16(12-17,14-7-8-14)18-15(19)11-20-10-9-13-5-3-2-4-6-13;/h2-6,14H,7-12,17H2,1H3,(H,18,19);1H. The van der Waals surface area contributed by atoms with Crippen molar-refractivity contribution in [3.8, 4) is 0 Å². The number of nitrogens with one attached hydrogen (secondary N) is 1. The second kappa shape index (κ2) is 8.37. The number of carbonyl (C=O) groups excluding carboxylic acids is 1. The molecule has 1 amide bonds. The third-order valence-corrected chi connectivity index (χ3v) is 3.94. The lowest BCUT2D eigenvalue weighted by atomic mass is 9.96. The Labute approximate surface area is 132 Å². The molecule has 118 valence electrons. The van der Waals surface area contributed by atoms with Gasteiger partial charge in [0.2, 0.25) is 5.91 Å². The number of rotatable bonds is 8. The molecule has 1 aromatic rings. The first-order valence-electron chi connectivity index (χ1n) is 7.27. The van der Waals surface area contributed by atoms with Crippen LogP contribution < -0.4 is 11.1 Å². The molecule has 0 heterocycles. The van der Waals surface area contributed by atoms with Crippen molar-refractivity contribution in [3.63, 3.8) is 0 Å². The zero-order chi connectivity index (χ0) is 14.4. The molecule has 0 spiro atoms. The molecule has 4 nitrogen and oxygen atoms in total. The van der Waals surface area contributed by atoms with Crippen LogP contribution in [0.2, 0.25) is 0 Å². The molecule has 1 aliphatic rings. The van der Waals surface area contributed by atoms with E-state index < -0.39 is 0 Å². The van der Waals surface area contributed by atoms with Crippen molar-refractivity contribution in [1.29, 1.82) is 0 Å². The zero-order valence-corrected chi connectivity index (χ0v) is 13.3. The minimum atomic E-state index is -0.264. The summed E-state index contributed by atoms with van der Waals surface area (Å²) in [5.74, 6) is 0.457. The second-order valence-electron chi connectivity index (χ2n) is 5.73. The Hall–Kier alpha value is -1.10. The van der Waals surface area contributed by atoms with Gasteiger partial charge in [-0.2, -0.15) is 0 Å². The fourth-order valence-corrected chi connectivity index (χ4v) is 2.39. The molecule has 1 unspecified atom stereocenters. The quantitative estimate of drug-likeness (QED) is 0.721. The topological polar surface area (TPSA) is 64.3 Å². The Morgan fingerprint density at radius 3 is 2.62 bits per heavy atom. The van der Waals surface area contributed by atoms with Gasteiger partial charge >= 0.3 is 0 Å². The van der Waals surface area contributed by atoms with E-state index in [0.717, 1.165) is 19.3 Å². The number of halogens is 1. The Balaban J connectivity index is 0.00000220. The second-order valence-corrected chi connectivity index (χ2v) is 5.73. The van der Waals surface area contributed by atoms with E-state index in [-0.39, 0.29) is 30.5 Å². The van der Waals surface area contributed by atoms with E-state index in [0.29, 0.717) is 19.1 Å². The lowest BCUT2D eigenvalue weighted by Gasteiger charge is -2.29. The third kappa shape index (κ3) is 5.65. The Kier molecular flexibility index (Phi) is 7.15. The highest BCUT2D eigenvalue weighted by Crippen LogP contribution is 2.38. The molecule has 1 aliphatic carbocycles.